The molecule has 2 aliphatic rings. The number of anilines is 1. The van der Waals surface area contributed by atoms with Gasteiger partial charge in [-0.05, 0) is 80.6 Å². The topological polar surface area (TPSA) is 64.1 Å². The van der Waals surface area contributed by atoms with Gasteiger partial charge < -0.3 is 19.1 Å². The summed E-state index contributed by atoms with van der Waals surface area (Å²) >= 11 is 0. The summed E-state index contributed by atoms with van der Waals surface area (Å²) in [5.41, 5.74) is 3.52. The summed E-state index contributed by atoms with van der Waals surface area (Å²) in [6.45, 7) is 8.20. The summed E-state index contributed by atoms with van der Waals surface area (Å²) < 4.78 is 31.2. The van der Waals surface area contributed by atoms with E-state index in [2.05, 4.69) is 22.0 Å². The number of carbonyl (C=O) groups excluding carboxylic acids is 1. The maximum absolute atomic E-state index is 13.6. The van der Waals surface area contributed by atoms with Crippen molar-refractivity contribution >= 4 is 11.6 Å². The van der Waals surface area contributed by atoms with Gasteiger partial charge in [-0.1, -0.05) is 12.1 Å². The second-order valence-electron chi connectivity index (χ2n) is 10.3. The van der Waals surface area contributed by atoms with Crippen LogP contribution in [0.4, 0.5) is 10.1 Å². The van der Waals surface area contributed by atoms with E-state index in [9.17, 15) is 9.18 Å². The van der Waals surface area contributed by atoms with Crippen LogP contribution in [0.15, 0.2) is 54.9 Å². The fourth-order valence-corrected chi connectivity index (χ4v) is 5.82. The molecule has 0 unspecified atom stereocenters. The van der Waals surface area contributed by atoms with Crippen LogP contribution < -0.4 is 19.1 Å². The van der Waals surface area contributed by atoms with Crippen LogP contribution in [0.2, 0.25) is 0 Å². The van der Waals surface area contributed by atoms with Crippen LogP contribution >= 0.6 is 0 Å². The predicted molar refractivity (Wildman–Crippen MR) is 149 cm³/mol. The van der Waals surface area contributed by atoms with Crippen LogP contribution in [0.3, 0.4) is 0 Å². The molecule has 2 aromatic carbocycles. The van der Waals surface area contributed by atoms with Crippen molar-refractivity contribution in [3.8, 4) is 28.4 Å². The Morgan fingerprint density at radius 1 is 0.974 bits per heavy atom. The zero-order valence-corrected chi connectivity index (χ0v) is 22.9. The Bertz CT molecular complexity index is 1280. The average Bonchev–Trinajstić information content (AvgIpc) is 3.26. The number of benzene rings is 2. The maximum atomic E-state index is 13.6. The van der Waals surface area contributed by atoms with Gasteiger partial charge in [-0.2, -0.15) is 0 Å². The lowest BCUT2D eigenvalue weighted by molar-refractivity contribution is -0.118. The number of aromatic nitrogens is 1. The van der Waals surface area contributed by atoms with E-state index in [0.29, 0.717) is 31.9 Å². The van der Waals surface area contributed by atoms with Gasteiger partial charge in [-0.3, -0.25) is 14.7 Å². The van der Waals surface area contributed by atoms with Crippen LogP contribution in [0.25, 0.3) is 11.1 Å². The maximum Gasteiger partial charge on any atom is 0.227 e. The lowest BCUT2D eigenvalue weighted by Crippen LogP contribution is -2.41. The summed E-state index contributed by atoms with van der Waals surface area (Å²) in [7, 11) is 1.62. The second-order valence-corrected chi connectivity index (χ2v) is 10.3. The third-order valence-corrected chi connectivity index (χ3v) is 7.77. The minimum absolute atomic E-state index is 0.0339. The molecule has 2 aliphatic heterocycles. The highest BCUT2D eigenvalue weighted by Crippen LogP contribution is 2.45. The molecule has 5 rings (SSSR count). The molecule has 0 saturated carbocycles. The van der Waals surface area contributed by atoms with E-state index in [1.807, 2.05) is 18.7 Å². The van der Waals surface area contributed by atoms with Gasteiger partial charge in [0.05, 0.1) is 32.1 Å². The van der Waals surface area contributed by atoms with Crippen molar-refractivity contribution in [3.63, 3.8) is 0 Å². The van der Waals surface area contributed by atoms with Gasteiger partial charge >= 0.3 is 0 Å². The molecule has 1 spiro atoms. The SMILES string of the molecule is CCOc1cc(CN2CCC3(CC2)CC(=O)N(c2cnccc2OC)C3)cc(OCC)c1-c1ccc(F)cc1. The first-order chi connectivity index (χ1) is 18.9. The lowest BCUT2D eigenvalue weighted by Gasteiger charge is -2.39. The first-order valence-electron chi connectivity index (χ1n) is 13.6. The number of methoxy groups -OCH3 is 1. The van der Waals surface area contributed by atoms with Crippen LogP contribution in [0.5, 0.6) is 17.2 Å². The van der Waals surface area contributed by atoms with Crippen molar-refractivity contribution in [2.45, 2.75) is 39.7 Å². The number of piperidine rings is 1. The summed E-state index contributed by atoms with van der Waals surface area (Å²) in [4.78, 5) is 21.5. The molecule has 39 heavy (non-hydrogen) atoms. The van der Waals surface area contributed by atoms with E-state index < -0.39 is 0 Å². The summed E-state index contributed by atoms with van der Waals surface area (Å²) in [6, 6.07) is 12.4. The molecule has 1 amide bonds. The van der Waals surface area contributed by atoms with Crippen molar-refractivity contribution in [2.24, 2.45) is 5.41 Å². The van der Waals surface area contributed by atoms with Gasteiger partial charge in [0.1, 0.15) is 28.8 Å². The number of ether oxygens (including phenoxy) is 3. The normalized spacial score (nSPS) is 17.0. The van der Waals surface area contributed by atoms with Crippen LogP contribution in [-0.4, -0.2) is 55.7 Å². The number of rotatable bonds is 9. The van der Waals surface area contributed by atoms with E-state index in [-0.39, 0.29) is 17.1 Å². The Morgan fingerprint density at radius 3 is 2.26 bits per heavy atom. The van der Waals surface area contributed by atoms with Gasteiger partial charge in [0.2, 0.25) is 5.91 Å². The molecule has 0 atom stereocenters. The highest BCUT2D eigenvalue weighted by atomic mass is 19.1. The lowest BCUT2D eigenvalue weighted by atomic mass is 9.77. The first kappa shape index (κ1) is 26.9. The number of carbonyl (C=O) groups is 1. The number of nitrogens with zero attached hydrogens (tertiary/aromatic N) is 3. The number of hydrogen-bond acceptors (Lipinski definition) is 6. The van der Waals surface area contributed by atoms with Crippen LogP contribution in [0.1, 0.15) is 38.7 Å². The molecule has 0 radical (unpaired) electrons. The highest BCUT2D eigenvalue weighted by Gasteiger charge is 2.46. The minimum Gasteiger partial charge on any atom is -0.494 e. The van der Waals surface area contributed by atoms with Crippen molar-refractivity contribution in [1.29, 1.82) is 0 Å². The molecule has 3 heterocycles. The number of hydrogen-bond donors (Lipinski definition) is 0. The molecular weight excluding hydrogens is 497 g/mol. The smallest absolute Gasteiger partial charge is 0.227 e. The van der Waals surface area contributed by atoms with Crippen molar-refractivity contribution in [2.75, 3.05) is 44.9 Å². The molecule has 8 heteroatoms. The summed E-state index contributed by atoms with van der Waals surface area (Å²) in [5, 5.41) is 0. The fourth-order valence-electron chi connectivity index (χ4n) is 5.82. The molecule has 0 bridgehead atoms. The van der Waals surface area contributed by atoms with E-state index in [4.69, 9.17) is 14.2 Å². The number of amides is 1. The molecule has 3 aromatic rings. The molecular formula is C31H36FN3O4. The van der Waals surface area contributed by atoms with Crippen molar-refractivity contribution < 1.29 is 23.4 Å². The average molecular weight is 534 g/mol. The zero-order valence-electron chi connectivity index (χ0n) is 22.9. The molecule has 7 nitrogen and oxygen atoms in total. The standard InChI is InChI=1S/C31H36FN3O4/c1-4-38-27-16-22(17-28(39-5-2)30(27)23-6-8-24(32)9-7-23)20-34-14-11-31(12-15-34)18-29(36)35(21-31)25-19-33-13-10-26(25)37-3/h6-10,13,16-17,19H,4-5,11-12,14-15,18,20-21H2,1-3H3. The van der Waals surface area contributed by atoms with Crippen LogP contribution in [-0.2, 0) is 11.3 Å². The Kier molecular flexibility index (Phi) is 8.02. The van der Waals surface area contributed by atoms with Gasteiger partial charge in [0.25, 0.3) is 0 Å². The number of halogens is 1. The third-order valence-electron chi connectivity index (χ3n) is 7.77. The van der Waals surface area contributed by atoms with E-state index in [1.165, 1.54) is 12.1 Å². The fraction of sp³-hybridized carbons (Fsp3) is 0.419. The van der Waals surface area contributed by atoms with Gasteiger partial charge in [-0.15, -0.1) is 0 Å². The zero-order chi connectivity index (χ0) is 27.4. The Morgan fingerprint density at radius 2 is 1.64 bits per heavy atom. The quantitative estimate of drug-likeness (QED) is 0.351. The summed E-state index contributed by atoms with van der Waals surface area (Å²) in [6.07, 6.45) is 5.84. The second kappa shape index (κ2) is 11.6. The van der Waals surface area contributed by atoms with E-state index in [1.54, 1.807) is 37.7 Å². The highest BCUT2D eigenvalue weighted by molar-refractivity contribution is 5.97. The molecule has 206 valence electrons. The molecule has 0 aliphatic carbocycles. The number of pyridine rings is 1. The Balaban J connectivity index is 1.31. The third kappa shape index (κ3) is 5.71. The molecule has 2 fully saturated rings. The van der Waals surface area contributed by atoms with E-state index in [0.717, 1.165) is 66.4 Å². The monoisotopic (exact) mass is 533 g/mol. The number of likely N-dealkylation sites (tertiary alicyclic amines) is 1. The minimum atomic E-state index is -0.277. The van der Waals surface area contributed by atoms with Gasteiger partial charge in [-0.25, -0.2) is 4.39 Å². The van der Waals surface area contributed by atoms with Gasteiger partial charge in [0, 0.05) is 31.8 Å². The van der Waals surface area contributed by atoms with Crippen molar-refractivity contribution in [1.82, 2.24) is 9.88 Å². The first-order valence-corrected chi connectivity index (χ1v) is 13.6. The molecule has 0 N–H and O–H groups in total. The van der Waals surface area contributed by atoms with Gasteiger partial charge in [0.15, 0.2) is 0 Å². The molecule has 1 aromatic heterocycles. The van der Waals surface area contributed by atoms with E-state index >= 15 is 0 Å². The Labute approximate surface area is 229 Å². The molecule has 2 saturated heterocycles. The van der Waals surface area contributed by atoms with Crippen molar-refractivity contribution in [3.05, 3.63) is 66.2 Å². The largest absolute Gasteiger partial charge is 0.494 e. The van der Waals surface area contributed by atoms with Crippen LogP contribution in [0, 0.1) is 11.2 Å². The summed E-state index contributed by atoms with van der Waals surface area (Å²) in [5.74, 6) is 2.00. The Hall–Kier alpha value is -3.65. The predicted octanol–water partition coefficient (Wildman–Crippen LogP) is 5.71.